The third-order valence-electron chi connectivity index (χ3n) is 1.73. The van der Waals surface area contributed by atoms with Gasteiger partial charge in [0, 0.05) is 13.1 Å². The molecule has 0 unspecified atom stereocenters. The molecule has 1 saturated heterocycles. The first-order valence-corrected chi connectivity index (χ1v) is 4.35. The minimum absolute atomic E-state index is 0.599. The number of rotatable bonds is 1. The molecule has 4 heteroatoms. The Bertz CT molecular complexity index is 229. The minimum Gasteiger partial charge on any atom is -0.312 e. The summed E-state index contributed by atoms with van der Waals surface area (Å²) in [5.74, 6) is 0. The lowest BCUT2D eigenvalue weighted by Gasteiger charge is -2.27. The van der Waals surface area contributed by atoms with Crippen molar-refractivity contribution in [1.29, 1.82) is 0 Å². The van der Waals surface area contributed by atoms with E-state index in [-0.39, 0.29) is 0 Å². The Kier molecular flexibility index (Phi) is 1.65. The molecule has 1 fully saturated rings. The molecule has 1 aromatic heterocycles. The smallest absolute Gasteiger partial charge is 0.0993 e. The second-order valence-electron chi connectivity index (χ2n) is 2.41. The summed E-state index contributed by atoms with van der Waals surface area (Å²) in [6.45, 7) is 2.13. The maximum Gasteiger partial charge on any atom is 0.0993 e. The number of nitrogens with one attached hydrogen (secondary N) is 1. The summed E-state index contributed by atoms with van der Waals surface area (Å²) in [7, 11) is 0. The number of hydrogen-bond donors (Lipinski definition) is 1. The van der Waals surface area contributed by atoms with Crippen LogP contribution in [0.25, 0.3) is 0 Å². The zero-order valence-electron chi connectivity index (χ0n) is 5.42. The largest absolute Gasteiger partial charge is 0.312 e. The fourth-order valence-electron chi connectivity index (χ4n) is 1.01. The Labute approximate surface area is 72.9 Å². The summed E-state index contributed by atoms with van der Waals surface area (Å²) in [5, 5.41) is 7.42. The van der Waals surface area contributed by atoms with Gasteiger partial charge in [0.1, 0.15) is 0 Å². The lowest BCUT2D eigenvalue weighted by Crippen LogP contribution is -2.44. The third-order valence-corrected chi connectivity index (χ3v) is 2.58. The zero-order valence-corrected chi connectivity index (χ0v) is 7.58. The van der Waals surface area contributed by atoms with Gasteiger partial charge in [-0.3, -0.25) is 4.68 Å². The molecule has 3 nitrogen and oxygen atoms in total. The van der Waals surface area contributed by atoms with Gasteiger partial charge < -0.3 is 5.32 Å². The molecule has 54 valence electrons. The van der Waals surface area contributed by atoms with Gasteiger partial charge in [-0.05, 0) is 28.7 Å². The lowest BCUT2D eigenvalue weighted by molar-refractivity contribution is 0.313. The van der Waals surface area contributed by atoms with Gasteiger partial charge in [-0.2, -0.15) is 5.10 Å². The van der Waals surface area contributed by atoms with Crippen LogP contribution in [0, 0.1) is 3.70 Å². The number of halogens is 1. The molecule has 2 heterocycles. The summed E-state index contributed by atoms with van der Waals surface area (Å²) < 4.78 is 3.29. The zero-order chi connectivity index (χ0) is 6.97. The van der Waals surface area contributed by atoms with Crippen molar-refractivity contribution < 1.29 is 0 Å². The Morgan fingerprint density at radius 2 is 2.50 bits per heavy atom. The lowest BCUT2D eigenvalue weighted by atomic mass is 10.2. The van der Waals surface area contributed by atoms with Crippen LogP contribution in [0.4, 0.5) is 0 Å². The molecule has 1 N–H and O–H groups in total. The van der Waals surface area contributed by atoms with Crippen LogP contribution in [-0.2, 0) is 0 Å². The van der Waals surface area contributed by atoms with Gasteiger partial charge in [0.2, 0.25) is 0 Å². The Morgan fingerprint density at radius 3 is 2.90 bits per heavy atom. The molecule has 1 aliphatic rings. The highest BCUT2D eigenvalue weighted by atomic mass is 127. The summed E-state index contributed by atoms with van der Waals surface area (Å²) in [4.78, 5) is 0. The van der Waals surface area contributed by atoms with Crippen LogP contribution in [0.15, 0.2) is 12.3 Å². The van der Waals surface area contributed by atoms with Gasteiger partial charge >= 0.3 is 0 Å². The maximum atomic E-state index is 4.21. The second-order valence-corrected chi connectivity index (χ2v) is 3.52. The fourth-order valence-corrected chi connectivity index (χ4v) is 1.69. The molecule has 0 aliphatic carbocycles. The summed E-state index contributed by atoms with van der Waals surface area (Å²) in [6.07, 6.45) is 1.85. The van der Waals surface area contributed by atoms with E-state index >= 15 is 0 Å². The van der Waals surface area contributed by atoms with E-state index in [0.29, 0.717) is 6.04 Å². The Morgan fingerprint density at radius 1 is 1.70 bits per heavy atom. The predicted octanol–water partition coefficient (Wildman–Crippen LogP) is 0.632. The van der Waals surface area contributed by atoms with Crippen molar-refractivity contribution in [2.75, 3.05) is 13.1 Å². The molecule has 10 heavy (non-hydrogen) atoms. The van der Waals surface area contributed by atoms with Crippen molar-refractivity contribution in [3.05, 3.63) is 16.0 Å². The molecule has 1 aliphatic heterocycles. The first-order chi connectivity index (χ1) is 4.88. The van der Waals surface area contributed by atoms with E-state index in [1.165, 1.54) is 3.70 Å². The van der Waals surface area contributed by atoms with E-state index < -0.39 is 0 Å². The highest BCUT2D eigenvalue weighted by Crippen LogP contribution is 2.14. The third kappa shape index (κ3) is 0.950. The highest BCUT2D eigenvalue weighted by Gasteiger charge is 2.20. The van der Waals surface area contributed by atoms with Gasteiger partial charge in [0.05, 0.1) is 15.9 Å². The Balaban J connectivity index is 2.23. The maximum absolute atomic E-state index is 4.21. The van der Waals surface area contributed by atoms with E-state index in [2.05, 4.69) is 37.7 Å². The molecule has 2 rings (SSSR count). The van der Waals surface area contributed by atoms with Crippen LogP contribution in [0.2, 0.25) is 0 Å². The Hall–Kier alpha value is -0.100. The van der Waals surface area contributed by atoms with Gasteiger partial charge in [-0.25, -0.2) is 0 Å². The molecule has 0 aromatic carbocycles. The van der Waals surface area contributed by atoms with Gasteiger partial charge in [-0.15, -0.1) is 0 Å². The van der Waals surface area contributed by atoms with Crippen LogP contribution >= 0.6 is 22.6 Å². The number of nitrogens with zero attached hydrogens (tertiary/aromatic N) is 2. The molecule has 1 aromatic rings. The van der Waals surface area contributed by atoms with Gasteiger partial charge in [-0.1, -0.05) is 0 Å². The molecule has 0 saturated carbocycles. The summed E-state index contributed by atoms with van der Waals surface area (Å²) in [5.41, 5.74) is 0. The van der Waals surface area contributed by atoms with Crippen molar-refractivity contribution in [3.63, 3.8) is 0 Å². The monoisotopic (exact) mass is 249 g/mol. The van der Waals surface area contributed by atoms with Crippen LogP contribution in [0.1, 0.15) is 6.04 Å². The molecule has 0 atom stereocenters. The van der Waals surface area contributed by atoms with Crippen molar-refractivity contribution in [1.82, 2.24) is 15.1 Å². The normalized spacial score (nSPS) is 18.9. The van der Waals surface area contributed by atoms with Gasteiger partial charge in [0.15, 0.2) is 0 Å². The summed E-state index contributed by atoms with van der Waals surface area (Å²) in [6, 6.07) is 2.63. The topological polar surface area (TPSA) is 29.9 Å². The first kappa shape index (κ1) is 6.60. The van der Waals surface area contributed by atoms with E-state index in [1.54, 1.807) is 0 Å². The van der Waals surface area contributed by atoms with Crippen molar-refractivity contribution in [2.24, 2.45) is 0 Å². The number of hydrogen-bond acceptors (Lipinski definition) is 2. The van der Waals surface area contributed by atoms with E-state index in [4.69, 9.17) is 0 Å². The molecular weight excluding hydrogens is 241 g/mol. The average Bonchev–Trinajstić information content (AvgIpc) is 2.12. The SMILES string of the molecule is Ic1ccnn1C1CNC1. The minimum atomic E-state index is 0.599. The second kappa shape index (κ2) is 2.50. The molecular formula is C6H8IN3. The van der Waals surface area contributed by atoms with Crippen LogP contribution in [0.3, 0.4) is 0 Å². The van der Waals surface area contributed by atoms with Crippen molar-refractivity contribution >= 4 is 22.6 Å². The molecule has 0 amide bonds. The summed E-state index contributed by atoms with van der Waals surface area (Å²) >= 11 is 2.30. The van der Waals surface area contributed by atoms with Crippen molar-refractivity contribution in [3.8, 4) is 0 Å². The van der Waals surface area contributed by atoms with Gasteiger partial charge in [0.25, 0.3) is 0 Å². The molecule has 0 spiro atoms. The number of aromatic nitrogens is 2. The highest BCUT2D eigenvalue weighted by molar-refractivity contribution is 14.1. The molecule has 0 bridgehead atoms. The van der Waals surface area contributed by atoms with Crippen LogP contribution < -0.4 is 5.32 Å². The fraction of sp³-hybridized carbons (Fsp3) is 0.500. The molecule has 0 radical (unpaired) electrons. The quantitative estimate of drug-likeness (QED) is 0.740. The van der Waals surface area contributed by atoms with E-state index in [1.807, 2.05) is 12.3 Å². The predicted molar refractivity (Wildman–Crippen MR) is 46.9 cm³/mol. The van der Waals surface area contributed by atoms with Crippen LogP contribution in [-0.4, -0.2) is 22.9 Å². The van der Waals surface area contributed by atoms with Crippen LogP contribution in [0.5, 0.6) is 0 Å². The van der Waals surface area contributed by atoms with Crippen molar-refractivity contribution in [2.45, 2.75) is 6.04 Å². The standard InChI is InChI=1S/C6H8IN3/c7-6-1-2-9-10(6)5-3-8-4-5/h1-2,5,8H,3-4H2. The first-order valence-electron chi connectivity index (χ1n) is 3.27. The average molecular weight is 249 g/mol. The van der Waals surface area contributed by atoms with E-state index in [0.717, 1.165) is 13.1 Å². The van der Waals surface area contributed by atoms with E-state index in [9.17, 15) is 0 Å².